The van der Waals surface area contributed by atoms with Gasteiger partial charge in [0.15, 0.2) is 5.76 Å². The molecule has 0 atom stereocenters. The molecule has 0 amide bonds. The number of rotatable bonds is 5. The van der Waals surface area contributed by atoms with Crippen LogP contribution >= 0.6 is 15.9 Å². The number of benzene rings is 2. The number of hydrogen-bond donors (Lipinski definition) is 0. The highest BCUT2D eigenvalue weighted by atomic mass is 79.9. The molecule has 0 spiro atoms. The van der Waals surface area contributed by atoms with Gasteiger partial charge in [-0.25, -0.2) is 0 Å². The molecule has 0 radical (unpaired) electrons. The lowest BCUT2D eigenvalue weighted by Crippen LogP contribution is -2.33. The van der Waals surface area contributed by atoms with Gasteiger partial charge in [0.25, 0.3) is 0 Å². The number of hydrogen-bond acceptors (Lipinski definition) is 5. The third-order valence-electron chi connectivity index (χ3n) is 4.70. The summed E-state index contributed by atoms with van der Waals surface area (Å²) >= 11 is 3.51. The molecule has 6 heteroatoms. The van der Waals surface area contributed by atoms with E-state index in [1.165, 1.54) is 0 Å². The Bertz CT molecular complexity index is 909. The molecule has 27 heavy (non-hydrogen) atoms. The Labute approximate surface area is 166 Å². The van der Waals surface area contributed by atoms with Crippen molar-refractivity contribution in [2.24, 2.45) is 0 Å². The molecule has 2 aliphatic heterocycles. The third kappa shape index (κ3) is 3.65. The van der Waals surface area contributed by atoms with Gasteiger partial charge in [-0.3, -0.25) is 9.69 Å². The molecule has 2 aromatic rings. The van der Waals surface area contributed by atoms with Crippen molar-refractivity contribution in [1.82, 2.24) is 4.90 Å². The van der Waals surface area contributed by atoms with E-state index in [4.69, 9.17) is 14.2 Å². The van der Waals surface area contributed by atoms with Gasteiger partial charge in [-0.15, -0.1) is 0 Å². The van der Waals surface area contributed by atoms with Crippen molar-refractivity contribution in [3.8, 4) is 11.5 Å². The Balaban J connectivity index is 1.61. The molecule has 2 aliphatic rings. The van der Waals surface area contributed by atoms with E-state index in [9.17, 15) is 4.79 Å². The predicted molar refractivity (Wildman–Crippen MR) is 106 cm³/mol. The van der Waals surface area contributed by atoms with Gasteiger partial charge >= 0.3 is 0 Å². The molecule has 0 saturated carbocycles. The monoisotopic (exact) mass is 429 g/mol. The quantitative estimate of drug-likeness (QED) is 0.524. The predicted octanol–water partition coefficient (Wildman–Crippen LogP) is 4.25. The van der Waals surface area contributed by atoms with Crippen molar-refractivity contribution < 1.29 is 19.0 Å². The molecule has 2 aromatic carbocycles. The third-order valence-corrected chi connectivity index (χ3v) is 5.42. The summed E-state index contributed by atoms with van der Waals surface area (Å²) in [7, 11) is 1.70. The van der Waals surface area contributed by atoms with E-state index in [1.807, 2.05) is 30.3 Å². The number of fused-ring (bicyclic) bond motifs is 3. The largest absolute Gasteiger partial charge is 0.478 e. The van der Waals surface area contributed by atoms with Gasteiger partial charge in [0.1, 0.15) is 18.2 Å². The summed E-state index contributed by atoms with van der Waals surface area (Å²) in [5, 5.41) is 0. The standard InChI is InChI=1S/C21H20BrNO4/c1-25-10-4-9-23-12-16-18(26-13-23)8-7-15-20(24)19(27-21(15)16)11-14-5-2-3-6-17(14)22/h2-3,5-8,11H,4,9-10,12-13H2,1H3/b19-11-. The van der Waals surface area contributed by atoms with E-state index in [-0.39, 0.29) is 5.78 Å². The topological polar surface area (TPSA) is 48.0 Å². The maximum Gasteiger partial charge on any atom is 0.231 e. The number of Topliss-reactive ketones (excluding diaryl/α,β-unsaturated/α-hetero) is 1. The van der Waals surface area contributed by atoms with Crippen molar-refractivity contribution in [3.63, 3.8) is 0 Å². The first-order chi connectivity index (χ1) is 13.2. The van der Waals surface area contributed by atoms with Crippen LogP contribution in [0.1, 0.15) is 27.9 Å². The fraction of sp³-hybridized carbons (Fsp3) is 0.286. The summed E-state index contributed by atoms with van der Waals surface area (Å²) in [5.74, 6) is 1.64. The second-order valence-electron chi connectivity index (χ2n) is 6.55. The van der Waals surface area contributed by atoms with Crippen molar-refractivity contribution in [1.29, 1.82) is 0 Å². The van der Waals surface area contributed by atoms with E-state index >= 15 is 0 Å². The van der Waals surface area contributed by atoms with Crippen LogP contribution in [0.2, 0.25) is 0 Å². The molecule has 0 aliphatic carbocycles. The molecule has 0 unspecified atom stereocenters. The molecule has 0 aromatic heterocycles. The maximum atomic E-state index is 12.8. The zero-order valence-corrected chi connectivity index (χ0v) is 16.6. The summed E-state index contributed by atoms with van der Waals surface area (Å²) < 4.78 is 17.9. The Kier molecular flexibility index (Phi) is 5.29. The van der Waals surface area contributed by atoms with E-state index < -0.39 is 0 Å². The molecule has 4 rings (SSSR count). The normalized spacial score (nSPS) is 17.4. The summed E-state index contributed by atoms with van der Waals surface area (Å²) in [6.45, 7) is 2.80. The first-order valence-corrected chi connectivity index (χ1v) is 9.65. The van der Waals surface area contributed by atoms with Crippen LogP contribution in [0.4, 0.5) is 0 Å². The summed E-state index contributed by atoms with van der Waals surface area (Å²) in [6.07, 6.45) is 2.70. The van der Waals surface area contributed by atoms with Gasteiger partial charge in [-0.2, -0.15) is 0 Å². The number of halogens is 1. The highest BCUT2D eigenvalue weighted by molar-refractivity contribution is 9.10. The SMILES string of the molecule is COCCCN1COc2ccc3c(c2C1)O/C(=C\c1ccccc1Br)C3=O. The Hall–Kier alpha value is -2.15. The van der Waals surface area contributed by atoms with Gasteiger partial charge in [0.2, 0.25) is 5.78 Å². The van der Waals surface area contributed by atoms with Gasteiger partial charge in [-0.05, 0) is 36.3 Å². The molecule has 5 nitrogen and oxygen atoms in total. The zero-order valence-electron chi connectivity index (χ0n) is 15.0. The zero-order chi connectivity index (χ0) is 18.8. The number of ether oxygens (including phenoxy) is 3. The molecule has 0 bridgehead atoms. The van der Waals surface area contributed by atoms with Crippen LogP contribution in [0.5, 0.6) is 11.5 Å². The van der Waals surface area contributed by atoms with Crippen molar-refractivity contribution in [2.45, 2.75) is 13.0 Å². The lowest BCUT2D eigenvalue weighted by molar-refractivity contribution is 0.0823. The number of nitrogens with zero attached hydrogens (tertiary/aromatic N) is 1. The number of methoxy groups -OCH3 is 1. The maximum absolute atomic E-state index is 12.8. The van der Waals surface area contributed by atoms with E-state index in [2.05, 4.69) is 20.8 Å². The van der Waals surface area contributed by atoms with Crippen LogP contribution in [0.15, 0.2) is 46.6 Å². The molecular weight excluding hydrogens is 410 g/mol. The van der Waals surface area contributed by atoms with Crippen LogP contribution in [-0.4, -0.2) is 37.7 Å². The fourth-order valence-electron chi connectivity index (χ4n) is 3.31. The van der Waals surface area contributed by atoms with Crippen molar-refractivity contribution in [3.05, 3.63) is 63.3 Å². The minimum absolute atomic E-state index is 0.0972. The van der Waals surface area contributed by atoms with Crippen molar-refractivity contribution in [2.75, 3.05) is 27.0 Å². The van der Waals surface area contributed by atoms with Crippen LogP contribution in [0, 0.1) is 0 Å². The van der Waals surface area contributed by atoms with Gasteiger partial charge in [-0.1, -0.05) is 34.1 Å². The van der Waals surface area contributed by atoms with Crippen molar-refractivity contribution >= 4 is 27.8 Å². The minimum atomic E-state index is -0.0972. The first kappa shape index (κ1) is 18.2. The smallest absolute Gasteiger partial charge is 0.231 e. The second kappa shape index (κ2) is 7.84. The molecule has 0 N–H and O–H groups in total. The number of carbonyl (C=O) groups is 1. The van der Waals surface area contributed by atoms with Crippen LogP contribution in [0.25, 0.3) is 6.08 Å². The second-order valence-corrected chi connectivity index (χ2v) is 7.41. The fourth-order valence-corrected chi connectivity index (χ4v) is 3.71. The molecule has 2 heterocycles. The van der Waals surface area contributed by atoms with Gasteiger partial charge in [0, 0.05) is 31.3 Å². The summed E-state index contributed by atoms with van der Waals surface area (Å²) in [6, 6.07) is 11.4. The molecule has 140 valence electrons. The van der Waals surface area contributed by atoms with E-state index in [0.717, 1.165) is 34.3 Å². The average Bonchev–Trinajstić information content (AvgIpc) is 3.00. The minimum Gasteiger partial charge on any atom is -0.478 e. The summed E-state index contributed by atoms with van der Waals surface area (Å²) in [5.41, 5.74) is 2.43. The van der Waals surface area contributed by atoms with E-state index in [0.29, 0.717) is 37.0 Å². The highest BCUT2D eigenvalue weighted by Crippen LogP contribution is 2.42. The lowest BCUT2D eigenvalue weighted by atomic mass is 10.0. The van der Waals surface area contributed by atoms with Gasteiger partial charge in [0.05, 0.1) is 11.1 Å². The molecular formula is C21H20BrNO4. The highest BCUT2D eigenvalue weighted by Gasteiger charge is 2.33. The van der Waals surface area contributed by atoms with Gasteiger partial charge < -0.3 is 14.2 Å². The van der Waals surface area contributed by atoms with Crippen LogP contribution in [-0.2, 0) is 11.3 Å². The number of ketones is 1. The van der Waals surface area contributed by atoms with E-state index in [1.54, 1.807) is 19.3 Å². The van der Waals surface area contributed by atoms with Crippen LogP contribution < -0.4 is 9.47 Å². The molecule has 0 saturated heterocycles. The Morgan fingerprint density at radius 3 is 2.93 bits per heavy atom. The summed E-state index contributed by atoms with van der Waals surface area (Å²) in [4.78, 5) is 15.0. The lowest BCUT2D eigenvalue weighted by Gasteiger charge is -2.29. The Morgan fingerprint density at radius 2 is 2.11 bits per heavy atom. The molecule has 0 fully saturated rings. The average molecular weight is 430 g/mol. The number of allylic oxidation sites excluding steroid dienone is 1. The van der Waals surface area contributed by atoms with Crippen LogP contribution in [0.3, 0.4) is 0 Å². The first-order valence-electron chi connectivity index (χ1n) is 8.86. The number of carbonyl (C=O) groups excluding carboxylic acids is 1. The Morgan fingerprint density at radius 1 is 1.26 bits per heavy atom.